The maximum absolute atomic E-state index is 11.6. The van der Waals surface area contributed by atoms with Gasteiger partial charge in [-0.15, -0.1) is 0 Å². The van der Waals surface area contributed by atoms with Gasteiger partial charge in [-0.25, -0.2) is 9.78 Å². The first-order valence-corrected chi connectivity index (χ1v) is 6.37. The normalized spacial score (nSPS) is 16.7. The van der Waals surface area contributed by atoms with Gasteiger partial charge < -0.3 is 15.6 Å². The molecule has 94 valence electrons. The summed E-state index contributed by atoms with van der Waals surface area (Å²) in [5.41, 5.74) is 0. The van der Waals surface area contributed by atoms with Gasteiger partial charge in [0.25, 0.3) is 0 Å². The number of hydrogen-bond donors (Lipinski definition) is 3. The number of amides is 2. The fraction of sp³-hybridized carbons (Fsp3) is 0.667. The lowest BCUT2D eigenvalue weighted by molar-refractivity contribution is 0.233. The van der Waals surface area contributed by atoms with E-state index in [-0.39, 0.29) is 6.03 Å². The molecule has 0 saturated heterocycles. The highest BCUT2D eigenvalue weighted by atomic mass is 16.2. The van der Waals surface area contributed by atoms with E-state index >= 15 is 0 Å². The average molecular weight is 236 g/mol. The van der Waals surface area contributed by atoms with Crippen molar-refractivity contribution in [2.45, 2.75) is 44.6 Å². The molecule has 0 atom stereocenters. The third-order valence-electron chi connectivity index (χ3n) is 3.14. The van der Waals surface area contributed by atoms with E-state index in [4.69, 9.17) is 0 Å². The minimum atomic E-state index is -0.0524. The van der Waals surface area contributed by atoms with Crippen LogP contribution in [0.2, 0.25) is 0 Å². The Morgan fingerprint density at radius 2 is 2.24 bits per heavy atom. The van der Waals surface area contributed by atoms with Crippen molar-refractivity contribution < 1.29 is 4.79 Å². The monoisotopic (exact) mass is 236 g/mol. The largest absolute Gasteiger partial charge is 0.349 e. The maximum atomic E-state index is 11.6. The van der Waals surface area contributed by atoms with E-state index in [2.05, 4.69) is 20.6 Å². The van der Waals surface area contributed by atoms with Crippen LogP contribution < -0.4 is 10.6 Å². The topological polar surface area (TPSA) is 69.8 Å². The predicted molar refractivity (Wildman–Crippen MR) is 65.7 cm³/mol. The Labute approximate surface area is 101 Å². The summed E-state index contributed by atoms with van der Waals surface area (Å²) in [7, 11) is 0. The van der Waals surface area contributed by atoms with Crippen molar-refractivity contribution >= 4 is 6.03 Å². The molecule has 1 aliphatic rings. The Kier molecular flexibility index (Phi) is 4.41. The lowest BCUT2D eigenvalue weighted by Crippen LogP contribution is -2.43. The van der Waals surface area contributed by atoms with E-state index in [9.17, 15) is 4.79 Å². The second-order valence-electron chi connectivity index (χ2n) is 4.52. The van der Waals surface area contributed by atoms with Crippen LogP contribution in [0.1, 0.15) is 37.9 Å². The number of urea groups is 1. The highest BCUT2D eigenvalue weighted by Crippen LogP contribution is 2.16. The number of aromatic amines is 1. The average Bonchev–Trinajstić information content (AvgIpc) is 2.83. The molecule has 0 spiro atoms. The molecule has 1 heterocycles. The van der Waals surface area contributed by atoms with Gasteiger partial charge >= 0.3 is 6.03 Å². The summed E-state index contributed by atoms with van der Waals surface area (Å²) in [6.07, 6.45) is 10.3. The number of hydrogen-bond acceptors (Lipinski definition) is 2. The Bertz CT molecular complexity index is 330. The summed E-state index contributed by atoms with van der Waals surface area (Å²) in [5.74, 6) is 0.906. The van der Waals surface area contributed by atoms with Gasteiger partial charge in [-0.3, -0.25) is 0 Å². The van der Waals surface area contributed by atoms with E-state index in [0.29, 0.717) is 12.6 Å². The van der Waals surface area contributed by atoms with Gasteiger partial charge in [-0.05, 0) is 12.8 Å². The van der Waals surface area contributed by atoms with Gasteiger partial charge in [0, 0.05) is 31.4 Å². The molecule has 0 bridgehead atoms. The standard InChI is InChI=1S/C12H20N4O/c17-12(16-10-4-2-1-3-5-10)15-7-6-11-13-8-9-14-11/h8-10H,1-7H2,(H,13,14)(H2,15,16,17). The van der Waals surface area contributed by atoms with E-state index in [1.54, 1.807) is 12.4 Å². The molecule has 1 aliphatic carbocycles. The highest BCUT2D eigenvalue weighted by molar-refractivity contribution is 5.74. The van der Waals surface area contributed by atoms with Crippen LogP contribution in [0, 0.1) is 0 Å². The fourth-order valence-corrected chi connectivity index (χ4v) is 2.21. The molecule has 2 amide bonds. The molecule has 1 saturated carbocycles. The van der Waals surface area contributed by atoms with Crippen molar-refractivity contribution in [3.63, 3.8) is 0 Å². The molecule has 0 unspecified atom stereocenters. The van der Waals surface area contributed by atoms with Crippen LogP contribution in [0.3, 0.4) is 0 Å². The number of nitrogens with one attached hydrogen (secondary N) is 3. The SMILES string of the molecule is O=C(NCCc1ncc[nH]1)NC1CCCCC1. The Morgan fingerprint density at radius 1 is 1.41 bits per heavy atom. The number of nitrogens with zero attached hydrogens (tertiary/aromatic N) is 1. The molecule has 1 fully saturated rings. The number of H-pyrrole nitrogens is 1. The first-order valence-electron chi connectivity index (χ1n) is 6.37. The molecule has 0 radical (unpaired) electrons. The second-order valence-corrected chi connectivity index (χ2v) is 4.52. The third-order valence-corrected chi connectivity index (χ3v) is 3.14. The summed E-state index contributed by atoms with van der Waals surface area (Å²) in [5, 5.41) is 5.88. The Morgan fingerprint density at radius 3 is 2.94 bits per heavy atom. The lowest BCUT2D eigenvalue weighted by Gasteiger charge is -2.22. The zero-order chi connectivity index (χ0) is 11.9. The van der Waals surface area contributed by atoms with Crippen molar-refractivity contribution in [3.8, 4) is 0 Å². The predicted octanol–water partition coefficient (Wildman–Crippen LogP) is 1.58. The molecule has 3 N–H and O–H groups in total. The zero-order valence-corrected chi connectivity index (χ0v) is 10.0. The summed E-state index contributed by atoms with van der Waals surface area (Å²) in [6.45, 7) is 0.617. The van der Waals surface area contributed by atoms with Gasteiger partial charge in [-0.1, -0.05) is 19.3 Å². The molecular formula is C12H20N4O. The van der Waals surface area contributed by atoms with Crippen LogP contribution >= 0.6 is 0 Å². The molecule has 5 heteroatoms. The van der Waals surface area contributed by atoms with Crippen LogP contribution in [0.5, 0.6) is 0 Å². The van der Waals surface area contributed by atoms with Crippen LogP contribution in [0.15, 0.2) is 12.4 Å². The van der Waals surface area contributed by atoms with Crippen LogP contribution in [0.25, 0.3) is 0 Å². The Balaban J connectivity index is 1.60. The molecule has 1 aromatic heterocycles. The number of carbonyl (C=O) groups excluding carboxylic acids is 1. The van der Waals surface area contributed by atoms with Gasteiger partial charge in [0.15, 0.2) is 0 Å². The highest BCUT2D eigenvalue weighted by Gasteiger charge is 2.14. The van der Waals surface area contributed by atoms with Crippen molar-refractivity contribution in [1.82, 2.24) is 20.6 Å². The first kappa shape index (κ1) is 12.0. The van der Waals surface area contributed by atoms with Gasteiger partial charge in [0.2, 0.25) is 0 Å². The molecule has 1 aromatic rings. The minimum absolute atomic E-state index is 0.0524. The molecular weight excluding hydrogens is 216 g/mol. The van der Waals surface area contributed by atoms with Crippen LogP contribution in [-0.2, 0) is 6.42 Å². The zero-order valence-electron chi connectivity index (χ0n) is 10.0. The molecule has 0 aliphatic heterocycles. The Hall–Kier alpha value is -1.52. The molecule has 2 rings (SSSR count). The summed E-state index contributed by atoms with van der Waals surface area (Å²) >= 11 is 0. The minimum Gasteiger partial charge on any atom is -0.349 e. The number of imidazole rings is 1. The van der Waals surface area contributed by atoms with Crippen molar-refractivity contribution in [2.75, 3.05) is 6.54 Å². The van der Waals surface area contributed by atoms with Gasteiger partial charge in [-0.2, -0.15) is 0 Å². The van der Waals surface area contributed by atoms with Crippen molar-refractivity contribution in [3.05, 3.63) is 18.2 Å². The van der Waals surface area contributed by atoms with E-state index in [1.807, 2.05) is 0 Å². The second kappa shape index (κ2) is 6.27. The van der Waals surface area contributed by atoms with Crippen LogP contribution in [0.4, 0.5) is 4.79 Å². The van der Waals surface area contributed by atoms with Gasteiger partial charge in [0.1, 0.15) is 5.82 Å². The summed E-state index contributed by atoms with van der Waals surface area (Å²) in [4.78, 5) is 18.7. The molecule has 5 nitrogen and oxygen atoms in total. The summed E-state index contributed by atoms with van der Waals surface area (Å²) < 4.78 is 0. The lowest BCUT2D eigenvalue weighted by atomic mass is 9.96. The third kappa shape index (κ3) is 4.09. The summed E-state index contributed by atoms with van der Waals surface area (Å²) in [6, 6.07) is 0.316. The fourth-order valence-electron chi connectivity index (χ4n) is 2.21. The number of rotatable bonds is 4. The van der Waals surface area contributed by atoms with Crippen molar-refractivity contribution in [1.29, 1.82) is 0 Å². The van der Waals surface area contributed by atoms with E-state index < -0.39 is 0 Å². The van der Waals surface area contributed by atoms with E-state index in [1.165, 1.54) is 19.3 Å². The molecule has 17 heavy (non-hydrogen) atoms. The number of carbonyl (C=O) groups is 1. The smallest absolute Gasteiger partial charge is 0.315 e. The maximum Gasteiger partial charge on any atom is 0.315 e. The van der Waals surface area contributed by atoms with E-state index in [0.717, 1.165) is 25.1 Å². The molecule has 0 aromatic carbocycles. The van der Waals surface area contributed by atoms with Crippen molar-refractivity contribution in [2.24, 2.45) is 0 Å². The quantitative estimate of drug-likeness (QED) is 0.743. The van der Waals surface area contributed by atoms with Crippen LogP contribution in [-0.4, -0.2) is 28.6 Å². The first-order chi connectivity index (χ1) is 8.34. The van der Waals surface area contributed by atoms with Gasteiger partial charge in [0.05, 0.1) is 0 Å². The number of aromatic nitrogens is 2.